The predicted molar refractivity (Wildman–Crippen MR) is 83.0 cm³/mol. The fraction of sp³-hybridized carbons (Fsp3) is 0.500. The van der Waals surface area contributed by atoms with Gasteiger partial charge in [0.2, 0.25) is 0 Å². The van der Waals surface area contributed by atoms with Crippen molar-refractivity contribution in [1.82, 2.24) is 10.2 Å². The lowest BCUT2D eigenvalue weighted by atomic mass is 9.76. The van der Waals surface area contributed by atoms with E-state index in [4.69, 9.17) is 16.7 Å². The Bertz CT molecular complexity index is 644. The fourth-order valence-electron chi connectivity index (χ4n) is 3.49. The van der Waals surface area contributed by atoms with Crippen LogP contribution in [0.3, 0.4) is 0 Å². The number of hydrogen-bond donors (Lipinski definition) is 2. The number of carboxylic acid groups (broad SMARTS) is 1. The van der Waals surface area contributed by atoms with E-state index in [0.29, 0.717) is 31.6 Å². The van der Waals surface area contributed by atoms with Crippen molar-refractivity contribution in [3.63, 3.8) is 0 Å². The second kappa shape index (κ2) is 6.09. The summed E-state index contributed by atoms with van der Waals surface area (Å²) in [6.07, 6.45) is 2.12. The van der Waals surface area contributed by atoms with Gasteiger partial charge >= 0.3 is 5.97 Å². The van der Waals surface area contributed by atoms with E-state index in [2.05, 4.69) is 5.32 Å². The average molecular weight is 341 g/mol. The zero-order valence-corrected chi connectivity index (χ0v) is 13.3. The van der Waals surface area contributed by atoms with Gasteiger partial charge in [-0.15, -0.1) is 0 Å². The third-order valence-corrected chi connectivity index (χ3v) is 5.24. The molecule has 124 valence electrons. The van der Waals surface area contributed by atoms with Crippen LogP contribution in [0.5, 0.6) is 0 Å². The van der Waals surface area contributed by atoms with Crippen molar-refractivity contribution in [3.05, 3.63) is 34.6 Å². The zero-order valence-electron chi connectivity index (χ0n) is 12.5. The van der Waals surface area contributed by atoms with E-state index in [0.717, 1.165) is 18.9 Å². The first-order valence-corrected chi connectivity index (χ1v) is 7.99. The van der Waals surface area contributed by atoms with Crippen molar-refractivity contribution in [2.24, 2.45) is 5.41 Å². The number of benzene rings is 1. The number of carboxylic acids is 1. The topological polar surface area (TPSA) is 69.6 Å². The molecule has 2 fully saturated rings. The summed E-state index contributed by atoms with van der Waals surface area (Å²) in [5, 5.41) is 12.3. The van der Waals surface area contributed by atoms with Crippen LogP contribution in [0.2, 0.25) is 5.02 Å². The van der Waals surface area contributed by atoms with E-state index in [9.17, 15) is 14.0 Å². The summed E-state index contributed by atoms with van der Waals surface area (Å²) >= 11 is 5.96. The lowest BCUT2D eigenvalue weighted by Crippen LogP contribution is -2.44. The molecule has 0 radical (unpaired) electrons. The number of piperidine rings is 1. The molecule has 0 saturated carbocycles. The van der Waals surface area contributed by atoms with Gasteiger partial charge in [0.1, 0.15) is 11.9 Å². The lowest BCUT2D eigenvalue weighted by molar-refractivity contribution is -0.139. The van der Waals surface area contributed by atoms with Crippen molar-refractivity contribution >= 4 is 23.5 Å². The Balaban J connectivity index is 1.65. The monoisotopic (exact) mass is 340 g/mol. The highest BCUT2D eigenvalue weighted by Gasteiger charge is 2.44. The predicted octanol–water partition coefficient (Wildman–Crippen LogP) is 2.15. The normalized spacial score (nSPS) is 23.2. The van der Waals surface area contributed by atoms with Gasteiger partial charge in [0, 0.05) is 19.6 Å². The van der Waals surface area contributed by atoms with Gasteiger partial charge in [-0.25, -0.2) is 4.39 Å². The molecule has 2 N–H and O–H groups in total. The molecule has 7 heteroatoms. The summed E-state index contributed by atoms with van der Waals surface area (Å²) in [6.45, 7) is 1.78. The Labute approximate surface area is 138 Å². The molecule has 0 unspecified atom stereocenters. The van der Waals surface area contributed by atoms with Crippen LogP contribution < -0.4 is 5.32 Å². The first-order chi connectivity index (χ1) is 10.9. The van der Waals surface area contributed by atoms with Crippen molar-refractivity contribution in [3.8, 4) is 0 Å². The first kappa shape index (κ1) is 16.2. The van der Waals surface area contributed by atoms with Gasteiger partial charge in [0.05, 0.1) is 10.6 Å². The molecule has 5 nitrogen and oxygen atoms in total. The average Bonchev–Trinajstić information content (AvgIpc) is 2.92. The quantitative estimate of drug-likeness (QED) is 0.865. The molecule has 1 aromatic carbocycles. The highest BCUT2D eigenvalue weighted by molar-refractivity contribution is 6.33. The third-order valence-electron chi connectivity index (χ3n) is 4.93. The van der Waals surface area contributed by atoms with Crippen LogP contribution in [0.15, 0.2) is 18.2 Å². The van der Waals surface area contributed by atoms with Gasteiger partial charge < -0.3 is 15.3 Å². The Morgan fingerprint density at radius 3 is 2.61 bits per heavy atom. The second-order valence-electron chi connectivity index (χ2n) is 6.39. The van der Waals surface area contributed by atoms with E-state index in [1.807, 2.05) is 0 Å². The van der Waals surface area contributed by atoms with Crippen molar-refractivity contribution < 1.29 is 19.1 Å². The molecule has 2 aliphatic rings. The summed E-state index contributed by atoms with van der Waals surface area (Å²) in [4.78, 5) is 25.3. The molecule has 23 heavy (non-hydrogen) atoms. The highest BCUT2D eigenvalue weighted by atomic mass is 35.5. The SMILES string of the molecule is O=C(O)[C@H]1CC2(CCN(C(=O)c3ccc(F)cc3Cl)CC2)CN1. The van der Waals surface area contributed by atoms with E-state index in [1.54, 1.807) is 4.90 Å². The molecule has 2 saturated heterocycles. The van der Waals surface area contributed by atoms with Crippen LogP contribution >= 0.6 is 11.6 Å². The summed E-state index contributed by atoms with van der Waals surface area (Å²) < 4.78 is 13.1. The first-order valence-electron chi connectivity index (χ1n) is 7.61. The summed E-state index contributed by atoms with van der Waals surface area (Å²) in [7, 11) is 0. The molecule has 0 bridgehead atoms. The molecule has 1 amide bonds. The van der Waals surface area contributed by atoms with Crippen LogP contribution in [-0.4, -0.2) is 47.6 Å². The number of aliphatic carboxylic acids is 1. The molecular formula is C16H18ClFN2O3. The molecule has 3 rings (SSSR count). The summed E-state index contributed by atoms with van der Waals surface area (Å²) in [5.41, 5.74) is 0.254. The van der Waals surface area contributed by atoms with Gasteiger partial charge in [-0.2, -0.15) is 0 Å². The largest absolute Gasteiger partial charge is 0.480 e. The molecule has 1 spiro atoms. The molecular weight excluding hydrogens is 323 g/mol. The Morgan fingerprint density at radius 2 is 2.04 bits per heavy atom. The maximum atomic E-state index is 13.1. The van der Waals surface area contributed by atoms with Crippen molar-refractivity contribution in [2.45, 2.75) is 25.3 Å². The Morgan fingerprint density at radius 1 is 1.35 bits per heavy atom. The number of halogens is 2. The van der Waals surface area contributed by atoms with Crippen molar-refractivity contribution in [1.29, 1.82) is 0 Å². The minimum absolute atomic E-state index is 0.0492. The fourth-order valence-corrected chi connectivity index (χ4v) is 3.74. The van der Waals surface area contributed by atoms with Crippen LogP contribution in [-0.2, 0) is 4.79 Å². The number of nitrogens with one attached hydrogen (secondary N) is 1. The maximum Gasteiger partial charge on any atom is 0.320 e. The van der Waals surface area contributed by atoms with Crippen LogP contribution in [0.1, 0.15) is 29.6 Å². The number of likely N-dealkylation sites (tertiary alicyclic amines) is 1. The summed E-state index contributed by atoms with van der Waals surface area (Å²) in [5.74, 6) is -1.50. The minimum Gasteiger partial charge on any atom is -0.480 e. The number of nitrogens with zero attached hydrogens (tertiary/aromatic N) is 1. The standard InChI is InChI=1S/C16H18ClFN2O3/c17-12-7-10(18)1-2-11(12)14(21)20-5-3-16(4-6-20)8-13(15(22)23)19-9-16/h1-2,7,13,19H,3-6,8-9H2,(H,22,23)/t13-/m1/s1. The van der Waals surface area contributed by atoms with E-state index in [1.165, 1.54) is 12.1 Å². The number of hydrogen-bond acceptors (Lipinski definition) is 3. The lowest BCUT2D eigenvalue weighted by Gasteiger charge is -2.39. The van der Waals surface area contributed by atoms with Crippen LogP contribution in [0, 0.1) is 11.2 Å². The maximum absolute atomic E-state index is 13.1. The number of carbonyl (C=O) groups is 2. The third kappa shape index (κ3) is 3.19. The van der Waals surface area contributed by atoms with Gasteiger partial charge in [-0.05, 0) is 42.9 Å². The Kier molecular flexibility index (Phi) is 4.29. The van der Waals surface area contributed by atoms with Gasteiger partial charge in [-0.1, -0.05) is 11.6 Å². The molecule has 2 heterocycles. The smallest absolute Gasteiger partial charge is 0.320 e. The van der Waals surface area contributed by atoms with Crippen molar-refractivity contribution in [2.75, 3.05) is 19.6 Å². The van der Waals surface area contributed by atoms with E-state index < -0.39 is 17.8 Å². The van der Waals surface area contributed by atoms with E-state index >= 15 is 0 Å². The van der Waals surface area contributed by atoms with Gasteiger partial charge in [0.15, 0.2) is 0 Å². The highest BCUT2D eigenvalue weighted by Crippen LogP contribution is 2.39. The van der Waals surface area contributed by atoms with Crippen LogP contribution in [0.4, 0.5) is 4.39 Å². The van der Waals surface area contributed by atoms with Gasteiger partial charge in [-0.3, -0.25) is 9.59 Å². The van der Waals surface area contributed by atoms with E-state index in [-0.39, 0.29) is 16.3 Å². The molecule has 1 atom stereocenters. The molecule has 2 aliphatic heterocycles. The molecule has 0 aromatic heterocycles. The molecule has 0 aliphatic carbocycles. The second-order valence-corrected chi connectivity index (χ2v) is 6.80. The number of rotatable bonds is 2. The minimum atomic E-state index is -0.821. The Hall–Kier alpha value is -1.66. The zero-order chi connectivity index (χ0) is 16.6. The number of carbonyl (C=O) groups excluding carboxylic acids is 1. The van der Waals surface area contributed by atoms with Gasteiger partial charge in [0.25, 0.3) is 5.91 Å². The summed E-state index contributed by atoms with van der Waals surface area (Å²) in [6, 6.07) is 3.27. The number of amides is 1. The van der Waals surface area contributed by atoms with Crippen LogP contribution in [0.25, 0.3) is 0 Å². The molecule has 1 aromatic rings.